The van der Waals surface area contributed by atoms with Crippen LogP contribution in [0.4, 0.5) is 11.4 Å². The average molecular weight is 548 g/mol. The molecule has 37 heavy (non-hydrogen) atoms. The summed E-state index contributed by atoms with van der Waals surface area (Å²) in [4.78, 5) is 28.9. The van der Waals surface area contributed by atoms with E-state index in [2.05, 4.69) is 21.0 Å². The summed E-state index contributed by atoms with van der Waals surface area (Å²) in [5.74, 6) is -1.96. The van der Waals surface area contributed by atoms with Crippen LogP contribution in [0.25, 0.3) is 0 Å². The van der Waals surface area contributed by atoms with Crippen molar-refractivity contribution in [3.63, 3.8) is 0 Å². The van der Waals surface area contributed by atoms with Crippen LogP contribution in [-0.2, 0) is 24.3 Å². The third-order valence-corrected chi connectivity index (χ3v) is 10.9. The van der Waals surface area contributed by atoms with Gasteiger partial charge in [0.25, 0.3) is 0 Å². The van der Waals surface area contributed by atoms with E-state index in [0.29, 0.717) is 24.5 Å². The molecule has 200 valence electrons. The topological polar surface area (TPSA) is 132 Å². The molecular weight excluding hydrogens is 514 g/mol. The Hall–Kier alpha value is -2.49. The Morgan fingerprint density at radius 2 is 2.00 bits per heavy atom. The van der Waals surface area contributed by atoms with Gasteiger partial charge >= 0.3 is 5.97 Å². The molecule has 4 aliphatic rings. The molecule has 1 amide bonds. The number of benzene rings is 1. The van der Waals surface area contributed by atoms with E-state index in [4.69, 9.17) is 4.74 Å². The van der Waals surface area contributed by atoms with Crippen molar-refractivity contribution in [2.24, 2.45) is 17.8 Å². The molecule has 0 radical (unpaired) electrons. The van der Waals surface area contributed by atoms with Gasteiger partial charge in [-0.2, -0.15) is 5.26 Å². The Morgan fingerprint density at radius 3 is 2.68 bits per heavy atom. The number of esters is 1. The zero-order chi connectivity index (χ0) is 26.4. The van der Waals surface area contributed by atoms with E-state index in [9.17, 15) is 23.3 Å². The van der Waals surface area contributed by atoms with Crippen LogP contribution in [0.2, 0.25) is 0 Å². The maximum Gasteiger partial charge on any atom is 0.313 e. The number of rotatable bonds is 10. The van der Waals surface area contributed by atoms with Crippen LogP contribution in [0.5, 0.6) is 0 Å². The van der Waals surface area contributed by atoms with Crippen molar-refractivity contribution in [3.05, 3.63) is 24.3 Å². The van der Waals surface area contributed by atoms with Crippen LogP contribution in [0, 0.1) is 29.1 Å². The number of carbonyl (C=O) groups excluding carboxylic acids is 2. The van der Waals surface area contributed by atoms with Crippen molar-refractivity contribution >= 4 is 45.0 Å². The third kappa shape index (κ3) is 4.77. The molecule has 2 heterocycles. The molecule has 6 unspecified atom stereocenters. The third-order valence-electron chi connectivity index (χ3n) is 7.71. The van der Waals surface area contributed by atoms with Crippen LogP contribution in [-0.4, -0.2) is 84.8 Å². The number of likely N-dealkylation sites (tertiary alicyclic amines) is 1. The Kier molecular flexibility index (Phi) is 7.06. The van der Waals surface area contributed by atoms with E-state index in [1.807, 2.05) is 13.0 Å². The monoisotopic (exact) mass is 547 g/mol. The molecule has 1 spiro atoms. The van der Waals surface area contributed by atoms with Crippen LogP contribution in [0.1, 0.15) is 26.7 Å². The number of nitriles is 1. The molecule has 2 aliphatic carbocycles. The first-order valence-corrected chi connectivity index (χ1v) is 15.4. The summed E-state index contributed by atoms with van der Waals surface area (Å²) < 4.78 is 33.1. The van der Waals surface area contributed by atoms with Crippen molar-refractivity contribution in [3.8, 4) is 6.07 Å². The van der Waals surface area contributed by atoms with Gasteiger partial charge in [-0.25, -0.2) is 8.42 Å². The van der Waals surface area contributed by atoms with Crippen LogP contribution >= 0.6 is 11.8 Å². The highest BCUT2D eigenvalue weighted by molar-refractivity contribution is 8.02. The number of hydrogen-bond donors (Lipinski definition) is 2. The fourth-order valence-electron chi connectivity index (χ4n) is 5.82. The number of fused-ring (bicyclic) bond motifs is 1. The zero-order valence-corrected chi connectivity index (χ0v) is 22.7. The summed E-state index contributed by atoms with van der Waals surface area (Å²) in [6, 6.07) is 9.11. The second-order valence-corrected chi connectivity index (χ2v) is 13.3. The van der Waals surface area contributed by atoms with Gasteiger partial charge in [0.1, 0.15) is 10.8 Å². The van der Waals surface area contributed by atoms with Gasteiger partial charge in [0.05, 0.1) is 42.0 Å². The lowest BCUT2D eigenvalue weighted by molar-refractivity contribution is -0.146. The van der Waals surface area contributed by atoms with Crippen LogP contribution in [0.15, 0.2) is 24.3 Å². The van der Waals surface area contributed by atoms with Crippen molar-refractivity contribution in [1.82, 2.24) is 9.80 Å². The Morgan fingerprint density at radius 1 is 1.27 bits per heavy atom. The summed E-state index contributed by atoms with van der Waals surface area (Å²) in [5, 5.41) is 13.1. The van der Waals surface area contributed by atoms with E-state index in [-0.39, 0.29) is 35.5 Å². The van der Waals surface area contributed by atoms with Gasteiger partial charge in [-0.3, -0.25) is 14.3 Å². The number of amides is 1. The van der Waals surface area contributed by atoms with Gasteiger partial charge in [0, 0.05) is 24.0 Å². The van der Waals surface area contributed by atoms with Gasteiger partial charge in [-0.15, -0.1) is 11.8 Å². The first-order chi connectivity index (χ1) is 17.8. The number of thioether (sulfide) groups is 1. The van der Waals surface area contributed by atoms with Gasteiger partial charge < -0.3 is 19.9 Å². The maximum atomic E-state index is 13.4. The number of nitrogens with one attached hydrogen (secondary N) is 2. The first kappa shape index (κ1) is 26.1. The predicted molar refractivity (Wildman–Crippen MR) is 141 cm³/mol. The average Bonchev–Trinajstić information content (AvgIpc) is 3.61. The van der Waals surface area contributed by atoms with Gasteiger partial charge in [0.2, 0.25) is 15.9 Å². The maximum absolute atomic E-state index is 13.4. The highest BCUT2D eigenvalue weighted by Gasteiger charge is 2.80. The van der Waals surface area contributed by atoms with Crippen molar-refractivity contribution in [1.29, 1.82) is 5.26 Å². The van der Waals surface area contributed by atoms with Gasteiger partial charge in [0.15, 0.2) is 0 Å². The summed E-state index contributed by atoms with van der Waals surface area (Å²) in [6.07, 6.45) is 2.23. The fourth-order valence-corrected chi connectivity index (χ4v) is 9.06. The standard InChI is InChI=1S/C25H33N5O5S2/c1-3-30-23(31)19-21(22(19)36-25(30)18(15-26)20(25)24(32)35-4-2)27-16-8-7-9-17(14-16)28-37(33,34)13-12-29-10-5-6-11-29/h7-9,14,18-22,27-28H,3-6,10-13H2,1-2H3. The summed E-state index contributed by atoms with van der Waals surface area (Å²) >= 11 is 1.52. The van der Waals surface area contributed by atoms with E-state index >= 15 is 0 Å². The highest BCUT2D eigenvalue weighted by Crippen LogP contribution is 2.70. The molecule has 2 saturated heterocycles. The lowest BCUT2D eigenvalue weighted by Gasteiger charge is -2.35. The number of carbonyl (C=O) groups is 2. The fraction of sp³-hybridized carbons (Fsp3) is 0.640. The number of hydrogen-bond acceptors (Lipinski definition) is 9. The minimum absolute atomic E-state index is 0.0409. The van der Waals surface area contributed by atoms with Crippen molar-refractivity contribution in [2.75, 3.05) is 48.6 Å². The molecule has 0 bridgehead atoms. The van der Waals surface area contributed by atoms with Gasteiger partial charge in [-0.1, -0.05) is 6.07 Å². The predicted octanol–water partition coefficient (Wildman–Crippen LogP) is 1.93. The minimum Gasteiger partial charge on any atom is -0.466 e. The molecule has 0 aromatic heterocycles. The van der Waals surface area contributed by atoms with Gasteiger partial charge in [-0.05, 0) is 58.0 Å². The summed E-state index contributed by atoms with van der Waals surface area (Å²) in [7, 11) is -3.49. The van der Waals surface area contributed by atoms with Crippen molar-refractivity contribution < 1.29 is 22.7 Å². The van der Waals surface area contributed by atoms with E-state index in [1.54, 1.807) is 30.0 Å². The molecule has 1 aromatic carbocycles. The number of nitrogens with zero attached hydrogens (tertiary/aromatic N) is 3. The summed E-state index contributed by atoms with van der Waals surface area (Å²) in [5.41, 5.74) is 1.18. The highest BCUT2D eigenvalue weighted by atomic mass is 32.2. The number of ether oxygens (including phenoxy) is 1. The molecule has 12 heteroatoms. The second-order valence-electron chi connectivity index (χ2n) is 10.00. The second kappa shape index (κ2) is 10.0. The van der Waals surface area contributed by atoms with E-state index in [0.717, 1.165) is 25.9 Å². The normalized spacial score (nSPS) is 32.5. The molecule has 2 aliphatic heterocycles. The van der Waals surface area contributed by atoms with E-state index in [1.165, 1.54) is 11.8 Å². The van der Waals surface area contributed by atoms with Crippen molar-refractivity contribution in [2.45, 2.75) is 42.9 Å². The quantitative estimate of drug-likeness (QED) is 0.422. The molecule has 2 saturated carbocycles. The smallest absolute Gasteiger partial charge is 0.313 e. The van der Waals surface area contributed by atoms with Crippen LogP contribution in [0.3, 0.4) is 0 Å². The Bertz CT molecular complexity index is 1210. The lowest BCUT2D eigenvalue weighted by Crippen LogP contribution is -2.47. The molecular formula is C25H33N5O5S2. The van der Waals surface area contributed by atoms with E-state index < -0.39 is 32.7 Å². The number of sulfonamides is 1. The Labute approximate surface area is 222 Å². The molecule has 5 rings (SSSR count). The first-order valence-electron chi connectivity index (χ1n) is 12.9. The molecule has 1 aromatic rings. The molecule has 10 nitrogen and oxygen atoms in total. The Balaban J connectivity index is 1.25. The molecule has 2 N–H and O–H groups in total. The largest absolute Gasteiger partial charge is 0.466 e. The summed E-state index contributed by atoms with van der Waals surface area (Å²) in [6.45, 7) is 6.63. The lowest BCUT2D eigenvalue weighted by atomic mass is 10.2. The molecule has 6 atom stereocenters. The zero-order valence-electron chi connectivity index (χ0n) is 21.1. The minimum atomic E-state index is -3.49. The van der Waals surface area contributed by atoms with Crippen LogP contribution < -0.4 is 10.0 Å². The molecule has 4 fully saturated rings. The SMILES string of the molecule is CCOC(=O)C1C(C#N)C12SC1C(Nc3cccc(NS(=O)(=O)CCN4CCCC4)c3)C1C(=O)N2CC. The number of anilines is 2.